The number of Topliss-reactive ketones (excluding diaryl/α,β-unsaturated/α-hetero) is 1. The van der Waals surface area contributed by atoms with Gasteiger partial charge < -0.3 is 0 Å². The quantitative estimate of drug-likeness (QED) is 0.548. The predicted octanol–water partition coefficient (Wildman–Crippen LogP) is 5.36. The fourth-order valence-corrected chi connectivity index (χ4v) is 3.98. The Hall–Kier alpha value is -2.90. The van der Waals surface area contributed by atoms with E-state index in [0.29, 0.717) is 16.3 Å². The monoisotopic (exact) mass is 370 g/mol. The molecule has 2 aromatic carbocycles. The van der Waals surface area contributed by atoms with Crippen molar-refractivity contribution in [3.63, 3.8) is 0 Å². The maximum Gasteiger partial charge on any atom is 0.146 e. The van der Waals surface area contributed by atoms with Crippen LogP contribution in [0.5, 0.6) is 0 Å². The van der Waals surface area contributed by atoms with E-state index in [1.165, 1.54) is 11.8 Å². The summed E-state index contributed by atoms with van der Waals surface area (Å²) < 4.78 is 0. The molecule has 4 rings (SSSR count). The largest absolute Gasteiger partial charge is 0.298 e. The molecule has 3 nitrogen and oxygen atoms in total. The maximum atomic E-state index is 12.2. The van der Waals surface area contributed by atoms with Crippen LogP contribution in [0.2, 0.25) is 0 Å². The molecule has 0 bridgehead atoms. The second-order valence-electron chi connectivity index (χ2n) is 6.61. The third kappa shape index (κ3) is 3.94. The Kier molecular flexibility index (Phi) is 5.04. The van der Waals surface area contributed by atoms with Crippen LogP contribution in [0.25, 0.3) is 22.4 Å². The van der Waals surface area contributed by atoms with Crippen LogP contribution >= 0.6 is 11.8 Å². The van der Waals surface area contributed by atoms with E-state index in [1.807, 2.05) is 66.7 Å². The summed E-state index contributed by atoms with van der Waals surface area (Å²) in [6.07, 6.45) is 1.99. The second kappa shape index (κ2) is 7.77. The van der Waals surface area contributed by atoms with E-state index < -0.39 is 0 Å². The molecule has 0 amide bonds. The minimum absolute atomic E-state index is 0.217. The summed E-state index contributed by atoms with van der Waals surface area (Å²) in [6, 6.07) is 24.1. The normalized spacial score (nSPS) is 13.1. The molecule has 1 aliphatic carbocycles. The molecule has 0 spiro atoms. The van der Waals surface area contributed by atoms with Crippen LogP contribution in [-0.2, 0) is 4.79 Å². The molecular formula is C23H18N2OS. The molecule has 1 heterocycles. The molecule has 1 saturated carbocycles. The Morgan fingerprint density at radius 3 is 2.26 bits per heavy atom. The fraction of sp³-hybridized carbons (Fsp3) is 0.174. The van der Waals surface area contributed by atoms with Crippen LogP contribution in [0.3, 0.4) is 0 Å². The van der Waals surface area contributed by atoms with Crippen LogP contribution in [0.15, 0.2) is 71.8 Å². The number of pyridine rings is 1. The standard InChI is InChI=1S/C23H18N2OS/c24-14-20-19(16-7-3-1-4-8-16)13-21(17-9-5-2-6-10-17)25-23(20)27-15-22(26)18-11-12-18/h1-10,13,18H,11-12,15H2. The van der Waals surface area contributed by atoms with Gasteiger partial charge in [-0.1, -0.05) is 72.4 Å². The summed E-state index contributed by atoms with van der Waals surface area (Å²) in [4.78, 5) is 16.9. The summed E-state index contributed by atoms with van der Waals surface area (Å²) in [7, 11) is 0. The second-order valence-corrected chi connectivity index (χ2v) is 7.57. The lowest BCUT2D eigenvalue weighted by Gasteiger charge is -2.12. The molecular weight excluding hydrogens is 352 g/mol. The van der Waals surface area contributed by atoms with Crippen molar-refractivity contribution in [1.29, 1.82) is 5.26 Å². The lowest BCUT2D eigenvalue weighted by atomic mass is 9.99. The van der Waals surface area contributed by atoms with Gasteiger partial charge in [-0.2, -0.15) is 5.26 Å². The Balaban J connectivity index is 1.80. The molecule has 0 saturated heterocycles. The fourth-order valence-electron chi connectivity index (χ4n) is 3.00. The Morgan fingerprint density at radius 2 is 1.67 bits per heavy atom. The Labute approximate surface area is 163 Å². The summed E-state index contributed by atoms with van der Waals surface area (Å²) in [5.74, 6) is 0.852. The number of nitrogens with zero attached hydrogens (tertiary/aromatic N) is 2. The zero-order valence-corrected chi connectivity index (χ0v) is 15.6. The van der Waals surface area contributed by atoms with Gasteiger partial charge in [-0.3, -0.25) is 4.79 Å². The number of rotatable bonds is 6. The van der Waals surface area contributed by atoms with Crippen molar-refractivity contribution in [2.24, 2.45) is 5.92 Å². The number of ketones is 1. The van der Waals surface area contributed by atoms with E-state index in [4.69, 9.17) is 4.98 Å². The van der Waals surface area contributed by atoms with E-state index in [0.717, 1.165) is 35.2 Å². The SMILES string of the molecule is N#Cc1c(-c2ccccc2)cc(-c2ccccc2)nc1SCC(=O)C1CC1. The van der Waals surface area contributed by atoms with Gasteiger partial charge in [0.2, 0.25) is 0 Å². The number of hydrogen-bond donors (Lipinski definition) is 0. The van der Waals surface area contributed by atoms with E-state index in [2.05, 4.69) is 6.07 Å². The van der Waals surface area contributed by atoms with Crippen molar-refractivity contribution >= 4 is 17.5 Å². The van der Waals surface area contributed by atoms with E-state index in [-0.39, 0.29) is 11.7 Å². The summed E-state index contributed by atoms with van der Waals surface area (Å²) in [5.41, 5.74) is 4.18. The van der Waals surface area contributed by atoms with E-state index >= 15 is 0 Å². The number of carbonyl (C=O) groups is 1. The number of benzene rings is 2. The van der Waals surface area contributed by atoms with Gasteiger partial charge in [-0.05, 0) is 24.5 Å². The highest BCUT2D eigenvalue weighted by Gasteiger charge is 2.29. The highest BCUT2D eigenvalue weighted by Crippen LogP contribution is 2.36. The van der Waals surface area contributed by atoms with Crippen LogP contribution in [0, 0.1) is 17.2 Å². The summed E-state index contributed by atoms with van der Waals surface area (Å²) in [5, 5.41) is 10.5. The van der Waals surface area contributed by atoms with Gasteiger partial charge in [0, 0.05) is 17.0 Å². The molecule has 0 N–H and O–H groups in total. The minimum atomic E-state index is 0.217. The van der Waals surface area contributed by atoms with Crippen LogP contribution in [-0.4, -0.2) is 16.5 Å². The number of hydrogen-bond acceptors (Lipinski definition) is 4. The third-order valence-corrected chi connectivity index (χ3v) is 5.63. The number of aromatic nitrogens is 1. The van der Waals surface area contributed by atoms with Crippen LogP contribution < -0.4 is 0 Å². The molecule has 1 fully saturated rings. The van der Waals surface area contributed by atoms with Crippen LogP contribution in [0.4, 0.5) is 0 Å². The van der Waals surface area contributed by atoms with Crippen molar-refractivity contribution in [1.82, 2.24) is 4.98 Å². The van der Waals surface area contributed by atoms with Gasteiger partial charge in [0.1, 0.15) is 16.9 Å². The number of thioether (sulfide) groups is 1. The highest BCUT2D eigenvalue weighted by atomic mass is 32.2. The van der Waals surface area contributed by atoms with Gasteiger partial charge in [0.15, 0.2) is 0 Å². The minimum Gasteiger partial charge on any atom is -0.298 e. The van der Waals surface area contributed by atoms with Gasteiger partial charge in [-0.25, -0.2) is 4.98 Å². The maximum absolute atomic E-state index is 12.2. The molecule has 27 heavy (non-hydrogen) atoms. The first-order chi connectivity index (χ1) is 13.3. The number of carbonyl (C=O) groups excluding carboxylic acids is 1. The average Bonchev–Trinajstić information content (AvgIpc) is 3.58. The van der Waals surface area contributed by atoms with Gasteiger partial charge in [0.05, 0.1) is 17.0 Å². The Bertz CT molecular complexity index is 1010. The summed E-state index contributed by atoms with van der Waals surface area (Å²) in [6.45, 7) is 0. The van der Waals surface area contributed by atoms with Crippen molar-refractivity contribution in [2.45, 2.75) is 17.9 Å². The Morgan fingerprint density at radius 1 is 1.04 bits per heavy atom. The van der Waals surface area contributed by atoms with Crippen molar-refractivity contribution in [2.75, 3.05) is 5.75 Å². The lowest BCUT2D eigenvalue weighted by Crippen LogP contribution is -2.05. The molecule has 1 aliphatic rings. The van der Waals surface area contributed by atoms with Crippen molar-refractivity contribution in [3.05, 3.63) is 72.3 Å². The van der Waals surface area contributed by atoms with Gasteiger partial charge in [0.25, 0.3) is 0 Å². The zero-order chi connectivity index (χ0) is 18.6. The molecule has 0 radical (unpaired) electrons. The molecule has 0 aliphatic heterocycles. The van der Waals surface area contributed by atoms with Crippen molar-refractivity contribution in [3.8, 4) is 28.5 Å². The topological polar surface area (TPSA) is 53.8 Å². The smallest absolute Gasteiger partial charge is 0.146 e. The first kappa shape index (κ1) is 17.5. The summed E-state index contributed by atoms with van der Waals surface area (Å²) >= 11 is 1.38. The van der Waals surface area contributed by atoms with E-state index in [1.54, 1.807) is 0 Å². The van der Waals surface area contributed by atoms with Crippen LogP contribution in [0.1, 0.15) is 18.4 Å². The van der Waals surface area contributed by atoms with Crippen molar-refractivity contribution < 1.29 is 4.79 Å². The highest BCUT2D eigenvalue weighted by molar-refractivity contribution is 8.00. The van der Waals surface area contributed by atoms with E-state index in [9.17, 15) is 10.1 Å². The first-order valence-electron chi connectivity index (χ1n) is 8.98. The molecule has 1 aromatic heterocycles. The third-order valence-electron chi connectivity index (χ3n) is 4.64. The molecule has 0 atom stereocenters. The predicted molar refractivity (Wildman–Crippen MR) is 108 cm³/mol. The average molecular weight is 370 g/mol. The van der Waals surface area contributed by atoms with Gasteiger partial charge in [-0.15, -0.1) is 0 Å². The first-order valence-corrected chi connectivity index (χ1v) is 9.96. The molecule has 4 heteroatoms. The lowest BCUT2D eigenvalue weighted by molar-refractivity contribution is -0.117. The molecule has 0 unspecified atom stereocenters. The molecule has 132 valence electrons. The zero-order valence-electron chi connectivity index (χ0n) is 14.8. The molecule has 3 aromatic rings. The van der Waals surface area contributed by atoms with Gasteiger partial charge >= 0.3 is 0 Å². The number of nitriles is 1.